The molecule has 2 bridgehead atoms. The Labute approximate surface area is 114 Å². The normalized spacial score (nSPS) is 30.6. The number of piperidine rings is 2. The van der Waals surface area contributed by atoms with Crippen LogP contribution in [0.5, 0.6) is 0 Å². The van der Waals surface area contributed by atoms with Crippen molar-refractivity contribution in [3.63, 3.8) is 0 Å². The smallest absolute Gasteiger partial charge is 0.0757 e. The molecule has 1 aromatic rings. The molecule has 0 aromatic carbocycles. The summed E-state index contributed by atoms with van der Waals surface area (Å²) in [6.07, 6.45) is 10.3. The van der Waals surface area contributed by atoms with Gasteiger partial charge in [0.1, 0.15) is 0 Å². The first-order chi connectivity index (χ1) is 9.28. The number of ether oxygens (including phenoxy) is 1. The molecule has 2 unspecified atom stereocenters. The molecule has 3 rings (SSSR count). The highest BCUT2D eigenvalue weighted by molar-refractivity contribution is 5.46. The lowest BCUT2D eigenvalue weighted by molar-refractivity contribution is 0.183. The van der Waals surface area contributed by atoms with Gasteiger partial charge < -0.3 is 15.4 Å². The van der Waals surface area contributed by atoms with Crippen molar-refractivity contribution < 1.29 is 4.74 Å². The Morgan fingerprint density at radius 2 is 2.11 bits per heavy atom. The second kappa shape index (κ2) is 5.51. The van der Waals surface area contributed by atoms with E-state index in [-0.39, 0.29) is 0 Å². The van der Waals surface area contributed by atoms with Gasteiger partial charge in [-0.1, -0.05) is 0 Å². The second-order valence-electron chi connectivity index (χ2n) is 5.83. The van der Waals surface area contributed by atoms with Crippen molar-refractivity contribution in [2.24, 2.45) is 5.73 Å². The van der Waals surface area contributed by atoms with E-state index in [4.69, 9.17) is 10.5 Å². The van der Waals surface area contributed by atoms with Crippen LogP contribution in [0.2, 0.25) is 0 Å². The van der Waals surface area contributed by atoms with E-state index in [0.29, 0.717) is 24.7 Å². The molecule has 2 saturated heterocycles. The summed E-state index contributed by atoms with van der Waals surface area (Å²) in [5.41, 5.74) is 7.43. The lowest BCUT2D eigenvalue weighted by Crippen LogP contribution is -2.55. The third-order valence-corrected chi connectivity index (χ3v) is 4.45. The first-order valence-electron chi connectivity index (χ1n) is 7.33. The second-order valence-corrected chi connectivity index (χ2v) is 5.83. The van der Waals surface area contributed by atoms with Crippen molar-refractivity contribution in [1.82, 2.24) is 9.78 Å². The maximum Gasteiger partial charge on any atom is 0.0757 e. The third-order valence-electron chi connectivity index (χ3n) is 4.45. The first-order valence-corrected chi connectivity index (χ1v) is 7.33. The largest absolute Gasteiger partial charge is 0.383 e. The summed E-state index contributed by atoms with van der Waals surface area (Å²) in [5.74, 6) is 0. The van der Waals surface area contributed by atoms with Crippen molar-refractivity contribution in [2.45, 2.75) is 56.8 Å². The quantitative estimate of drug-likeness (QED) is 0.892. The highest BCUT2D eigenvalue weighted by Crippen LogP contribution is 2.36. The van der Waals surface area contributed by atoms with Crippen molar-refractivity contribution in [3.8, 4) is 0 Å². The number of methoxy groups -OCH3 is 1. The molecule has 0 saturated carbocycles. The van der Waals surface area contributed by atoms with Crippen LogP contribution < -0.4 is 10.6 Å². The van der Waals surface area contributed by atoms with Crippen molar-refractivity contribution in [3.05, 3.63) is 12.4 Å². The highest BCUT2D eigenvalue weighted by Gasteiger charge is 2.37. The minimum absolute atomic E-state index is 0.384. The average Bonchev–Trinajstić information content (AvgIpc) is 2.83. The molecule has 3 heterocycles. The number of hydrogen-bond donors (Lipinski definition) is 1. The fraction of sp³-hybridized carbons (Fsp3) is 0.786. The molecule has 2 aliphatic rings. The zero-order chi connectivity index (χ0) is 13.2. The average molecular weight is 264 g/mol. The van der Waals surface area contributed by atoms with Crippen LogP contribution in [-0.4, -0.2) is 41.6 Å². The molecule has 106 valence electrons. The molecule has 0 spiro atoms. The van der Waals surface area contributed by atoms with E-state index < -0.39 is 0 Å². The SMILES string of the molecule is COCCn1cc(N2C3CCCC2CC(N)C3)cn1. The predicted octanol–water partition coefficient (Wildman–Crippen LogP) is 1.38. The molecule has 2 fully saturated rings. The lowest BCUT2D eigenvalue weighted by atomic mass is 9.82. The van der Waals surface area contributed by atoms with E-state index in [2.05, 4.69) is 16.2 Å². The minimum Gasteiger partial charge on any atom is -0.383 e. The molecule has 0 amide bonds. The molecule has 19 heavy (non-hydrogen) atoms. The van der Waals surface area contributed by atoms with Gasteiger partial charge in [0.25, 0.3) is 0 Å². The summed E-state index contributed by atoms with van der Waals surface area (Å²) >= 11 is 0. The Hall–Kier alpha value is -1.07. The molecule has 1 aromatic heterocycles. The Balaban J connectivity index is 1.75. The summed E-state index contributed by atoms with van der Waals surface area (Å²) in [6, 6.07) is 1.61. The summed E-state index contributed by atoms with van der Waals surface area (Å²) in [4.78, 5) is 2.57. The monoisotopic (exact) mass is 264 g/mol. The van der Waals surface area contributed by atoms with E-state index in [1.54, 1.807) is 7.11 Å². The van der Waals surface area contributed by atoms with Gasteiger partial charge in [-0.25, -0.2) is 0 Å². The number of nitrogens with zero attached hydrogens (tertiary/aromatic N) is 3. The van der Waals surface area contributed by atoms with Crippen LogP contribution >= 0.6 is 0 Å². The van der Waals surface area contributed by atoms with Crippen molar-refractivity contribution >= 4 is 5.69 Å². The Morgan fingerprint density at radius 1 is 1.37 bits per heavy atom. The zero-order valence-electron chi connectivity index (χ0n) is 11.7. The fourth-order valence-corrected chi connectivity index (χ4v) is 3.64. The van der Waals surface area contributed by atoms with Gasteiger partial charge in [-0.15, -0.1) is 0 Å². The minimum atomic E-state index is 0.384. The molecular weight excluding hydrogens is 240 g/mol. The topological polar surface area (TPSA) is 56.3 Å². The molecule has 5 heteroatoms. The van der Waals surface area contributed by atoms with Crippen LogP contribution in [0.1, 0.15) is 32.1 Å². The summed E-state index contributed by atoms with van der Waals surface area (Å²) in [5, 5.41) is 4.44. The Kier molecular flexibility index (Phi) is 3.75. The number of hydrogen-bond acceptors (Lipinski definition) is 4. The molecule has 5 nitrogen and oxygen atoms in total. The van der Waals surface area contributed by atoms with Crippen LogP contribution in [0.25, 0.3) is 0 Å². The summed E-state index contributed by atoms with van der Waals surface area (Å²) < 4.78 is 7.07. The first kappa shape index (κ1) is 12.9. The van der Waals surface area contributed by atoms with Crippen molar-refractivity contribution in [1.29, 1.82) is 0 Å². The van der Waals surface area contributed by atoms with Gasteiger partial charge >= 0.3 is 0 Å². The number of fused-ring (bicyclic) bond motifs is 2. The van der Waals surface area contributed by atoms with Crippen LogP contribution in [-0.2, 0) is 11.3 Å². The van der Waals surface area contributed by atoms with E-state index in [1.807, 2.05) is 10.9 Å². The van der Waals surface area contributed by atoms with E-state index in [0.717, 1.165) is 19.4 Å². The number of anilines is 1. The fourth-order valence-electron chi connectivity index (χ4n) is 3.64. The Bertz CT molecular complexity index is 405. The maximum atomic E-state index is 6.17. The molecule has 2 aliphatic heterocycles. The molecular formula is C14H24N4O. The van der Waals surface area contributed by atoms with Gasteiger partial charge in [-0.2, -0.15) is 5.10 Å². The molecule has 0 radical (unpaired) electrons. The summed E-state index contributed by atoms with van der Waals surface area (Å²) in [6.45, 7) is 1.53. The predicted molar refractivity (Wildman–Crippen MR) is 75.2 cm³/mol. The van der Waals surface area contributed by atoms with E-state index in [9.17, 15) is 0 Å². The van der Waals surface area contributed by atoms with Crippen LogP contribution in [0, 0.1) is 0 Å². The van der Waals surface area contributed by atoms with E-state index >= 15 is 0 Å². The highest BCUT2D eigenvalue weighted by atomic mass is 16.5. The van der Waals surface area contributed by atoms with Crippen molar-refractivity contribution in [2.75, 3.05) is 18.6 Å². The van der Waals surface area contributed by atoms with Gasteiger partial charge in [0.2, 0.25) is 0 Å². The number of aromatic nitrogens is 2. The molecule has 2 N–H and O–H groups in total. The van der Waals surface area contributed by atoms with Gasteiger partial charge in [0.05, 0.1) is 25.0 Å². The summed E-state index contributed by atoms with van der Waals surface area (Å²) in [7, 11) is 1.72. The lowest BCUT2D eigenvalue weighted by Gasteiger charge is -2.49. The van der Waals surface area contributed by atoms with Gasteiger partial charge in [-0.3, -0.25) is 4.68 Å². The van der Waals surface area contributed by atoms with Crippen LogP contribution in [0.3, 0.4) is 0 Å². The van der Waals surface area contributed by atoms with Crippen LogP contribution in [0.15, 0.2) is 12.4 Å². The molecule has 0 aliphatic carbocycles. The zero-order valence-corrected chi connectivity index (χ0v) is 11.7. The number of nitrogens with two attached hydrogens (primary N) is 1. The number of rotatable bonds is 4. The standard InChI is InChI=1S/C14H24N4O/c1-19-6-5-17-10-14(9-16-17)18-12-3-2-4-13(18)8-11(15)7-12/h9-13H,2-8,15H2,1H3. The van der Waals surface area contributed by atoms with Gasteiger partial charge in [0.15, 0.2) is 0 Å². The Morgan fingerprint density at radius 3 is 2.79 bits per heavy atom. The molecule has 2 atom stereocenters. The van der Waals surface area contributed by atoms with Crippen LogP contribution in [0.4, 0.5) is 5.69 Å². The van der Waals surface area contributed by atoms with Gasteiger partial charge in [-0.05, 0) is 32.1 Å². The van der Waals surface area contributed by atoms with E-state index in [1.165, 1.54) is 24.9 Å². The maximum absolute atomic E-state index is 6.17. The van der Waals surface area contributed by atoms with Gasteiger partial charge in [0, 0.05) is 31.4 Å². The third kappa shape index (κ3) is 2.62.